The molecule has 0 bridgehead atoms. The van der Waals surface area contributed by atoms with Crippen molar-refractivity contribution in [3.63, 3.8) is 0 Å². The van der Waals surface area contributed by atoms with Crippen LogP contribution in [0.15, 0.2) is 0 Å². The number of hydrogen-bond acceptors (Lipinski definition) is 5. The molecule has 0 aromatic rings. The van der Waals surface area contributed by atoms with E-state index in [1.807, 2.05) is 0 Å². The third-order valence-corrected chi connectivity index (χ3v) is 1.96. The van der Waals surface area contributed by atoms with E-state index < -0.39 is 0 Å². The lowest BCUT2D eigenvalue weighted by atomic mass is 10.3. The Morgan fingerprint density at radius 2 is 1.50 bits per heavy atom. The Balaban J connectivity index is 2.98. The van der Waals surface area contributed by atoms with E-state index >= 15 is 0 Å². The van der Waals surface area contributed by atoms with Gasteiger partial charge in [0.2, 0.25) is 0 Å². The van der Waals surface area contributed by atoms with Crippen LogP contribution in [0.25, 0.3) is 0 Å². The minimum Gasteiger partial charge on any atom is -0.383 e. The van der Waals surface area contributed by atoms with Gasteiger partial charge in [-0.15, -0.1) is 0 Å². The highest BCUT2D eigenvalue weighted by Crippen LogP contribution is 1.83. The summed E-state index contributed by atoms with van der Waals surface area (Å²) in [6.07, 6.45) is 0. The van der Waals surface area contributed by atoms with Gasteiger partial charge in [-0.2, -0.15) is 0 Å². The minimum atomic E-state index is 0.367. The quantitative estimate of drug-likeness (QED) is 0.493. The summed E-state index contributed by atoms with van der Waals surface area (Å²) in [6.45, 7) is 6.85. The summed E-state index contributed by atoms with van der Waals surface area (Å²) in [4.78, 5) is 0. The maximum Gasteiger partial charge on any atom is 0.0701 e. The van der Waals surface area contributed by atoms with Crippen molar-refractivity contribution in [1.29, 1.82) is 0 Å². The highest BCUT2D eigenvalue weighted by molar-refractivity contribution is 4.57. The van der Waals surface area contributed by atoms with E-state index in [1.54, 1.807) is 14.2 Å². The fourth-order valence-corrected chi connectivity index (χ4v) is 1.15. The zero-order valence-electron chi connectivity index (χ0n) is 10.7. The van der Waals surface area contributed by atoms with E-state index in [2.05, 4.69) is 12.2 Å². The van der Waals surface area contributed by atoms with Crippen LogP contribution in [0.3, 0.4) is 0 Å². The molecule has 0 amide bonds. The predicted octanol–water partition coefficient (Wildman–Crippen LogP) is 0.291. The zero-order chi connectivity index (χ0) is 12.1. The van der Waals surface area contributed by atoms with Crippen molar-refractivity contribution in [3.05, 3.63) is 0 Å². The highest BCUT2D eigenvalue weighted by Gasteiger charge is 1.98. The average molecular weight is 235 g/mol. The van der Waals surface area contributed by atoms with Gasteiger partial charge in [-0.3, -0.25) is 0 Å². The largest absolute Gasteiger partial charge is 0.383 e. The van der Waals surface area contributed by atoms with Crippen LogP contribution in [0.1, 0.15) is 6.92 Å². The number of rotatable bonds is 12. The Labute approximate surface area is 98.4 Å². The fraction of sp³-hybridized carbons (Fsp3) is 1.00. The minimum absolute atomic E-state index is 0.367. The molecule has 0 heterocycles. The number of hydrogen-bond donors (Lipinski definition) is 1. The maximum absolute atomic E-state index is 5.37. The summed E-state index contributed by atoms with van der Waals surface area (Å²) in [5.74, 6) is 0. The molecule has 0 spiro atoms. The van der Waals surface area contributed by atoms with Crippen LogP contribution in [0.5, 0.6) is 0 Å². The van der Waals surface area contributed by atoms with Crippen molar-refractivity contribution in [3.8, 4) is 0 Å². The van der Waals surface area contributed by atoms with Gasteiger partial charge in [-0.1, -0.05) is 0 Å². The molecule has 16 heavy (non-hydrogen) atoms. The van der Waals surface area contributed by atoms with Crippen molar-refractivity contribution in [2.75, 3.05) is 60.4 Å². The topological polar surface area (TPSA) is 49.0 Å². The van der Waals surface area contributed by atoms with Crippen molar-refractivity contribution in [2.45, 2.75) is 13.0 Å². The second kappa shape index (κ2) is 12.9. The molecular weight excluding hydrogens is 210 g/mol. The molecule has 1 atom stereocenters. The summed E-state index contributed by atoms with van der Waals surface area (Å²) in [5.41, 5.74) is 0. The first-order valence-electron chi connectivity index (χ1n) is 5.68. The van der Waals surface area contributed by atoms with Crippen molar-refractivity contribution >= 4 is 0 Å². The monoisotopic (exact) mass is 235 g/mol. The summed E-state index contributed by atoms with van der Waals surface area (Å²) in [6, 6.07) is 0.367. The van der Waals surface area contributed by atoms with Crippen LogP contribution in [0, 0.1) is 0 Å². The van der Waals surface area contributed by atoms with Gasteiger partial charge in [0, 0.05) is 26.8 Å². The molecule has 1 N–H and O–H groups in total. The van der Waals surface area contributed by atoms with Gasteiger partial charge >= 0.3 is 0 Å². The Kier molecular flexibility index (Phi) is 12.7. The normalized spacial score (nSPS) is 12.9. The molecule has 5 heteroatoms. The van der Waals surface area contributed by atoms with Crippen LogP contribution in [-0.4, -0.2) is 66.4 Å². The molecule has 1 unspecified atom stereocenters. The molecule has 0 saturated heterocycles. The van der Waals surface area contributed by atoms with E-state index in [-0.39, 0.29) is 0 Å². The van der Waals surface area contributed by atoms with Gasteiger partial charge in [0.1, 0.15) is 0 Å². The van der Waals surface area contributed by atoms with E-state index in [0.29, 0.717) is 39.1 Å². The van der Waals surface area contributed by atoms with Crippen LogP contribution in [0.2, 0.25) is 0 Å². The zero-order valence-corrected chi connectivity index (χ0v) is 10.7. The number of methoxy groups -OCH3 is 2. The van der Waals surface area contributed by atoms with Gasteiger partial charge < -0.3 is 24.3 Å². The van der Waals surface area contributed by atoms with Crippen LogP contribution < -0.4 is 5.32 Å². The Morgan fingerprint density at radius 1 is 0.875 bits per heavy atom. The second-order valence-corrected chi connectivity index (χ2v) is 3.53. The third kappa shape index (κ3) is 11.9. The summed E-state index contributed by atoms with van der Waals surface area (Å²) in [5, 5.41) is 3.28. The average Bonchev–Trinajstić information content (AvgIpc) is 2.27. The lowest BCUT2D eigenvalue weighted by Gasteiger charge is -2.12. The van der Waals surface area contributed by atoms with Crippen LogP contribution >= 0.6 is 0 Å². The maximum atomic E-state index is 5.37. The molecule has 0 aliphatic heterocycles. The molecule has 0 aliphatic carbocycles. The first kappa shape index (κ1) is 15.8. The standard InChI is InChI=1S/C11H25NO4/c1-11(10-14-3)12-4-5-15-8-9-16-7-6-13-2/h11-12H,4-10H2,1-3H3. The lowest BCUT2D eigenvalue weighted by Crippen LogP contribution is -2.33. The molecule has 0 aromatic carbocycles. The van der Waals surface area contributed by atoms with Crippen LogP contribution in [0.4, 0.5) is 0 Å². The SMILES string of the molecule is COCCOCCOCCNC(C)COC. The second-order valence-electron chi connectivity index (χ2n) is 3.53. The first-order chi connectivity index (χ1) is 7.81. The Hall–Kier alpha value is -0.200. The van der Waals surface area contributed by atoms with Gasteiger partial charge in [0.05, 0.1) is 39.6 Å². The van der Waals surface area contributed by atoms with Crippen molar-refractivity contribution < 1.29 is 18.9 Å². The Morgan fingerprint density at radius 3 is 2.12 bits per heavy atom. The van der Waals surface area contributed by atoms with E-state index in [4.69, 9.17) is 18.9 Å². The molecule has 0 aliphatic rings. The smallest absolute Gasteiger partial charge is 0.0701 e. The summed E-state index contributed by atoms with van der Waals surface area (Å²) in [7, 11) is 3.36. The van der Waals surface area contributed by atoms with Crippen molar-refractivity contribution in [2.24, 2.45) is 0 Å². The highest BCUT2D eigenvalue weighted by atomic mass is 16.5. The number of nitrogens with one attached hydrogen (secondary N) is 1. The van der Waals surface area contributed by atoms with Gasteiger partial charge in [0.25, 0.3) is 0 Å². The van der Waals surface area contributed by atoms with E-state index in [0.717, 1.165) is 13.2 Å². The summed E-state index contributed by atoms with van der Waals surface area (Å²) < 4.78 is 20.5. The van der Waals surface area contributed by atoms with Crippen LogP contribution in [-0.2, 0) is 18.9 Å². The fourth-order valence-electron chi connectivity index (χ4n) is 1.15. The van der Waals surface area contributed by atoms with Gasteiger partial charge in [-0.25, -0.2) is 0 Å². The molecule has 0 aromatic heterocycles. The van der Waals surface area contributed by atoms with Gasteiger partial charge in [0.15, 0.2) is 0 Å². The molecular formula is C11H25NO4. The molecule has 0 radical (unpaired) electrons. The Bertz CT molecular complexity index is 135. The van der Waals surface area contributed by atoms with E-state index in [9.17, 15) is 0 Å². The number of ether oxygens (including phenoxy) is 4. The first-order valence-corrected chi connectivity index (χ1v) is 5.68. The predicted molar refractivity (Wildman–Crippen MR) is 62.9 cm³/mol. The molecule has 0 rings (SSSR count). The molecule has 5 nitrogen and oxygen atoms in total. The van der Waals surface area contributed by atoms with E-state index in [1.165, 1.54) is 0 Å². The molecule has 98 valence electrons. The van der Waals surface area contributed by atoms with Gasteiger partial charge in [-0.05, 0) is 6.92 Å². The van der Waals surface area contributed by atoms with Crippen molar-refractivity contribution in [1.82, 2.24) is 5.32 Å². The molecule has 0 fully saturated rings. The lowest BCUT2D eigenvalue weighted by molar-refractivity contribution is 0.0248. The molecule has 0 saturated carbocycles. The summed E-state index contributed by atoms with van der Waals surface area (Å²) >= 11 is 0. The third-order valence-electron chi connectivity index (χ3n) is 1.96.